The standard InChI is InChI=1S/C15H18N2O3S2/c1-4-8-16-15(18)14-10-11-9-12(6-7-13(11)21-14)17(3)22(19,20)5-2/h4,6-7,9-10H,1,5,8H2,2-3H3,(H,16,18). The second-order valence-electron chi connectivity index (χ2n) is 4.70. The molecule has 0 radical (unpaired) electrons. The van der Waals surface area contributed by atoms with E-state index in [1.807, 2.05) is 6.07 Å². The molecule has 0 atom stereocenters. The number of benzene rings is 1. The summed E-state index contributed by atoms with van der Waals surface area (Å²) in [6.45, 7) is 5.58. The van der Waals surface area contributed by atoms with Crippen LogP contribution in [0.2, 0.25) is 0 Å². The smallest absolute Gasteiger partial charge is 0.261 e. The van der Waals surface area contributed by atoms with E-state index >= 15 is 0 Å². The maximum atomic E-state index is 11.9. The molecule has 2 aromatic rings. The van der Waals surface area contributed by atoms with Crippen LogP contribution in [0.15, 0.2) is 36.9 Å². The Morgan fingerprint density at radius 3 is 2.77 bits per heavy atom. The van der Waals surface area contributed by atoms with E-state index in [-0.39, 0.29) is 11.7 Å². The molecule has 0 aliphatic carbocycles. The van der Waals surface area contributed by atoms with Gasteiger partial charge >= 0.3 is 0 Å². The number of rotatable bonds is 6. The fourth-order valence-corrected chi connectivity index (χ4v) is 3.73. The largest absolute Gasteiger partial charge is 0.348 e. The highest BCUT2D eigenvalue weighted by Gasteiger charge is 2.17. The Balaban J connectivity index is 2.35. The molecule has 0 aliphatic heterocycles. The lowest BCUT2D eigenvalue weighted by Crippen LogP contribution is -2.27. The van der Waals surface area contributed by atoms with Crippen LogP contribution in [0.3, 0.4) is 0 Å². The van der Waals surface area contributed by atoms with E-state index < -0.39 is 10.0 Å². The van der Waals surface area contributed by atoms with Gasteiger partial charge in [-0.05, 0) is 36.6 Å². The van der Waals surface area contributed by atoms with E-state index in [0.29, 0.717) is 17.1 Å². The van der Waals surface area contributed by atoms with Gasteiger partial charge in [0.2, 0.25) is 10.0 Å². The number of thiophene rings is 1. The van der Waals surface area contributed by atoms with E-state index in [0.717, 1.165) is 10.1 Å². The zero-order valence-corrected chi connectivity index (χ0v) is 14.1. The first-order chi connectivity index (χ1) is 10.4. The molecule has 0 bridgehead atoms. The minimum atomic E-state index is -3.30. The summed E-state index contributed by atoms with van der Waals surface area (Å²) >= 11 is 1.38. The van der Waals surface area contributed by atoms with Crippen molar-refractivity contribution in [2.45, 2.75) is 6.92 Å². The number of nitrogens with one attached hydrogen (secondary N) is 1. The molecule has 1 amide bonds. The quantitative estimate of drug-likeness (QED) is 0.823. The van der Waals surface area contributed by atoms with Gasteiger partial charge in [-0.3, -0.25) is 9.10 Å². The number of nitrogens with zero attached hydrogens (tertiary/aromatic N) is 1. The van der Waals surface area contributed by atoms with Crippen LogP contribution in [0.1, 0.15) is 16.6 Å². The van der Waals surface area contributed by atoms with Crippen LogP contribution in [0.5, 0.6) is 0 Å². The number of carbonyl (C=O) groups excluding carboxylic acids is 1. The monoisotopic (exact) mass is 338 g/mol. The van der Waals surface area contributed by atoms with Crippen molar-refractivity contribution in [3.05, 3.63) is 41.8 Å². The topological polar surface area (TPSA) is 66.5 Å². The summed E-state index contributed by atoms with van der Waals surface area (Å²) in [5, 5.41) is 3.58. The van der Waals surface area contributed by atoms with Crippen LogP contribution in [0.25, 0.3) is 10.1 Å². The van der Waals surface area contributed by atoms with Gasteiger partial charge in [0, 0.05) is 18.3 Å². The van der Waals surface area contributed by atoms with Gasteiger partial charge < -0.3 is 5.32 Å². The Labute approximate surface area is 134 Å². The Hall–Kier alpha value is -1.86. The Morgan fingerprint density at radius 2 is 2.14 bits per heavy atom. The van der Waals surface area contributed by atoms with Gasteiger partial charge in [0.1, 0.15) is 0 Å². The molecule has 1 N–H and O–H groups in total. The number of anilines is 1. The number of fused-ring (bicyclic) bond motifs is 1. The lowest BCUT2D eigenvalue weighted by atomic mass is 10.2. The Morgan fingerprint density at radius 1 is 1.41 bits per heavy atom. The molecule has 0 spiro atoms. The van der Waals surface area contributed by atoms with Crippen LogP contribution < -0.4 is 9.62 Å². The minimum absolute atomic E-state index is 0.0420. The summed E-state index contributed by atoms with van der Waals surface area (Å²) < 4.78 is 26.1. The van der Waals surface area contributed by atoms with Gasteiger partial charge in [0.25, 0.3) is 5.91 Å². The molecule has 0 fully saturated rings. The predicted octanol–water partition coefficient (Wildman–Crippen LogP) is 2.60. The molecule has 1 heterocycles. The number of hydrogen-bond acceptors (Lipinski definition) is 4. The predicted molar refractivity (Wildman–Crippen MR) is 92.2 cm³/mol. The number of sulfonamides is 1. The average molecular weight is 338 g/mol. The molecule has 0 saturated heterocycles. The van der Waals surface area contributed by atoms with Crippen molar-refractivity contribution in [1.29, 1.82) is 0 Å². The van der Waals surface area contributed by atoms with Crippen LogP contribution in [0, 0.1) is 0 Å². The summed E-state index contributed by atoms with van der Waals surface area (Å²) in [5.74, 6) is -0.113. The van der Waals surface area contributed by atoms with Crippen LogP contribution >= 0.6 is 11.3 Å². The molecule has 118 valence electrons. The lowest BCUT2D eigenvalue weighted by molar-refractivity contribution is 0.0962. The Bertz CT molecular complexity index is 809. The summed E-state index contributed by atoms with van der Waals surface area (Å²) in [5.41, 5.74) is 0.588. The molecule has 2 rings (SSSR count). The SMILES string of the molecule is C=CCNC(=O)c1cc2cc(N(C)S(=O)(=O)CC)ccc2s1. The third-order valence-electron chi connectivity index (χ3n) is 3.28. The highest BCUT2D eigenvalue weighted by atomic mass is 32.2. The second kappa shape index (κ2) is 6.50. The van der Waals surface area contributed by atoms with Gasteiger partial charge in [0.05, 0.1) is 16.3 Å². The molecule has 7 heteroatoms. The summed E-state index contributed by atoms with van der Waals surface area (Å²) in [7, 11) is -1.76. The van der Waals surface area contributed by atoms with E-state index in [1.165, 1.54) is 22.7 Å². The molecular weight excluding hydrogens is 320 g/mol. The highest BCUT2D eigenvalue weighted by molar-refractivity contribution is 7.92. The molecule has 5 nitrogen and oxygen atoms in total. The summed E-state index contributed by atoms with van der Waals surface area (Å²) in [6, 6.07) is 7.14. The summed E-state index contributed by atoms with van der Waals surface area (Å²) in [6.07, 6.45) is 1.62. The van der Waals surface area contributed by atoms with Crippen LogP contribution in [-0.4, -0.2) is 33.7 Å². The van der Waals surface area contributed by atoms with Gasteiger partial charge in [-0.15, -0.1) is 17.9 Å². The maximum Gasteiger partial charge on any atom is 0.261 e. The zero-order valence-electron chi connectivity index (χ0n) is 12.5. The number of hydrogen-bond donors (Lipinski definition) is 1. The van der Waals surface area contributed by atoms with E-state index in [2.05, 4.69) is 11.9 Å². The highest BCUT2D eigenvalue weighted by Crippen LogP contribution is 2.30. The molecular formula is C15H18N2O3S2. The van der Waals surface area contributed by atoms with E-state index in [1.54, 1.807) is 31.2 Å². The van der Waals surface area contributed by atoms with Crippen LogP contribution in [-0.2, 0) is 10.0 Å². The Kier molecular flexibility index (Phi) is 4.87. The fraction of sp³-hybridized carbons (Fsp3) is 0.267. The normalized spacial score (nSPS) is 11.4. The zero-order chi connectivity index (χ0) is 16.3. The first-order valence-electron chi connectivity index (χ1n) is 6.78. The van der Waals surface area contributed by atoms with E-state index in [9.17, 15) is 13.2 Å². The van der Waals surface area contributed by atoms with Gasteiger partial charge in [-0.2, -0.15) is 0 Å². The van der Waals surface area contributed by atoms with Crippen molar-refractivity contribution < 1.29 is 13.2 Å². The van der Waals surface area contributed by atoms with Crippen molar-refractivity contribution in [1.82, 2.24) is 5.32 Å². The van der Waals surface area contributed by atoms with Gasteiger partial charge in [-0.25, -0.2) is 8.42 Å². The minimum Gasteiger partial charge on any atom is -0.348 e. The van der Waals surface area contributed by atoms with Crippen LogP contribution in [0.4, 0.5) is 5.69 Å². The fourth-order valence-electron chi connectivity index (χ4n) is 1.94. The average Bonchev–Trinajstić information content (AvgIpc) is 2.94. The molecule has 0 aliphatic rings. The van der Waals surface area contributed by atoms with Crippen molar-refractivity contribution in [2.24, 2.45) is 0 Å². The first kappa shape index (κ1) is 16.5. The molecule has 0 unspecified atom stereocenters. The second-order valence-corrected chi connectivity index (χ2v) is 8.07. The third-order valence-corrected chi connectivity index (χ3v) is 6.17. The maximum absolute atomic E-state index is 11.9. The molecule has 1 aromatic carbocycles. The van der Waals surface area contributed by atoms with Crippen molar-refractivity contribution in [3.8, 4) is 0 Å². The first-order valence-corrected chi connectivity index (χ1v) is 9.21. The summed E-state index contributed by atoms with van der Waals surface area (Å²) in [4.78, 5) is 12.5. The lowest BCUT2D eigenvalue weighted by Gasteiger charge is -2.18. The van der Waals surface area contributed by atoms with Gasteiger partial charge in [-0.1, -0.05) is 6.08 Å². The van der Waals surface area contributed by atoms with Crippen molar-refractivity contribution >= 4 is 43.0 Å². The molecule has 22 heavy (non-hydrogen) atoms. The number of carbonyl (C=O) groups is 1. The van der Waals surface area contributed by atoms with Crippen molar-refractivity contribution in [3.63, 3.8) is 0 Å². The molecule has 1 aromatic heterocycles. The van der Waals surface area contributed by atoms with Gasteiger partial charge in [0.15, 0.2) is 0 Å². The molecule has 0 saturated carbocycles. The third kappa shape index (κ3) is 3.31. The van der Waals surface area contributed by atoms with E-state index in [4.69, 9.17) is 0 Å². The van der Waals surface area contributed by atoms with Crippen molar-refractivity contribution in [2.75, 3.05) is 23.7 Å². The number of amides is 1.